The van der Waals surface area contributed by atoms with Crippen molar-refractivity contribution in [1.29, 1.82) is 0 Å². The molecule has 5 aromatic rings. The SMILES string of the molecule is CCC(C)c1ccc2nc(N(Cc3ccccc3)C(=O)CSc3nc4ccccc4s3)sc2c1. The Morgan fingerprint density at radius 1 is 0.941 bits per heavy atom. The fourth-order valence-electron chi connectivity index (χ4n) is 3.73. The smallest absolute Gasteiger partial charge is 0.239 e. The summed E-state index contributed by atoms with van der Waals surface area (Å²) in [5.41, 5.74) is 4.32. The van der Waals surface area contributed by atoms with Crippen LogP contribution in [0.1, 0.15) is 37.3 Å². The summed E-state index contributed by atoms with van der Waals surface area (Å²) in [6.45, 7) is 4.95. The number of hydrogen-bond donors (Lipinski definition) is 0. The molecule has 2 heterocycles. The van der Waals surface area contributed by atoms with Crippen molar-refractivity contribution in [1.82, 2.24) is 9.97 Å². The van der Waals surface area contributed by atoms with Crippen LogP contribution in [0.3, 0.4) is 0 Å². The maximum absolute atomic E-state index is 13.5. The van der Waals surface area contributed by atoms with Crippen LogP contribution in [0, 0.1) is 0 Å². The van der Waals surface area contributed by atoms with Crippen molar-refractivity contribution in [2.24, 2.45) is 0 Å². The second-order valence-electron chi connectivity index (χ2n) is 8.23. The van der Waals surface area contributed by atoms with Crippen molar-refractivity contribution in [2.45, 2.75) is 37.1 Å². The topological polar surface area (TPSA) is 46.1 Å². The van der Waals surface area contributed by atoms with Gasteiger partial charge in [0, 0.05) is 0 Å². The van der Waals surface area contributed by atoms with E-state index in [0.717, 1.165) is 41.9 Å². The maximum Gasteiger partial charge on any atom is 0.239 e. The van der Waals surface area contributed by atoms with Gasteiger partial charge in [-0.25, -0.2) is 9.97 Å². The predicted octanol–water partition coefficient (Wildman–Crippen LogP) is 7.75. The van der Waals surface area contributed by atoms with Gasteiger partial charge in [0.1, 0.15) is 0 Å². The molecule has 0 saturated heterocycles. The number of thioether (sulfide) groups is 1. The number of anilines is 1. The van der Waals surface area contributed by atoms with Crippen LogP contribution in [0.15, 0.2) is 77.1 Å². The lowest BCUT2D eigenvalue weighted by Gasteiger charge is -2.19. The van der Waals surface area contributed by atoms with Gasteiger partial charge in [-0.15, -0.1) is 11.3 Å². The monoisotopic (exact) mass is 503 g/mol. The number of thiazole rings is 2. The van der Waals surface area contributed by atoms with E-state index in [1.165, 1.54) is 17.3 Å². The van der Waals surface area contributed by atoms with Gasteiger partial charge < -0.3 is 0 Å². The molecule has 0 spiro atoms. The highest BCUT2D eigenvalue weighted by atomic mass is 32.2. The third kappa shape index (κ3) is 5.02. The van der Waals surface area contributed by atoms with Gasteiger partial charge in [-0.3, -0.25) is 9.69 Å². The minimum Gasteiger partial charge on any atom is -0.283 e. The summed E-state index contributed by atoms with van der Waals surface area (Å²) < 4.78 is 3.18. The molecule has 0 aliphatic carbocycles. The molecule has 0 N–H and O–H groups in total. The molecule has 1 atom stereocenters. The first kappa shape index (κ1) is 23.0. The van der Waals surface area contributed by atoms with Crippen molar-refractivity contribution >= 4 is 65.9 Å². The molecule has 0 radical (unpaired) electrons. The summed E-state index contributed by atoms with van der Waals surface area (Å²) in [7, 11) is 0. The van der Waals surface area contributed by atoms with Gasteiger partial charge in [0.05, 0.1) is 32.7 Å². The second-order valence-corrected chi connectivity index (χ2v) is 11.5. The standard InChI is InChI=1S/C27H25N3OS3/c1-3-18(2)20-13-14-22-24(15-20)33-26(28-22)30(16-19-9-5-4-6-10-19)25(31)17-32-27-29-21-11-7-8-12-23(21)34-27/h4-15,18H,3,16-17H2,1-2H3. The zero-order valence-electron chi connectivity index (χ0n) is 19.1. The van der Waals surface area contributed by atoms with E-state index in [-0.39, 0.29) is 5.91 Å². The lowest BCUT2D eigenvalue weighted by Crippen LogP contribution is -2.31. The molecule has 1 amide bonds. The van der Waals surface area contributed by atoms with Gasteiger partial charge >= 0.3 is 0 Å². The molecule has 4 nitrogen and oxygen atoms in total. The van der Waals surface area contributed by atoms with Crippen LogP contribution in [0.5, 0.6) is 0 Å². The van der Waals surface area contributed by atoms with Gasteiger partial charge in [-0.1, -0.05) is 85.5 Å². The molecule has 1 unspecified atom stereocenters. The van der Waals surface area contributed by atoms with Crippen molar-refractivity contribution in [2.75, 3.05) is 10.7 Å². The fourth-order valence-corrected chi connectivity index (χ4v) is 6.70. The summed E-state index contributed by atoms with van der Waals surface area (Å²) in [6, 6.07) is 24.6. The third-order valence-electron chi connectivity index (χ3n) is 5.89. The summed E-state index contributed by atoms with van der Waals surface area (Å²) in [5.74, 6) is 0.859. The molecular formula is C27H25N3OS3. The van der Waals surface area contributed by atoms with E-state index in [2.05, 4.69) is 55.2 Å². The number of carbonyl (C=O) groups is 1. The van der Waals surface area contributed by atoms with Crippen molar-refractivity contribution in [3.05, 3.63) is 83.9 Å². The van der Waals surface area contributed by atoms with Crippen molar-refractivity contribution < 1.29 is 4.79 Å². The molecule has 0 fully saturated rings. The van der Waals surface area contributed by atoms with Crippen LogP contribution in [0.25, 0.3) is 20.4 Å². The first-order chi connectivity index (χ1) is 16.6. The average molecular weight is 504 g/mol. The largest absolute Gasteiger partial charge is 0.283 e. The first-order valence-electron chi connectivity index (χ1n) is 11.3. The molecule has 3 aromatic carbocycles. The molecule has 0 aliphatic rings. The normalized spacial score (nSPS) is 12.3. The highest BCUT2D eigenvalue weighted by molar-refractivity contribution is 8.01. The number of nitrogens with zero attached hydrogens (tertiary/aromatic N) is 3. The molecule has 5 rings (SSSR count). The summed E-state index contributed by atoms with van der Waals surface area (Å²) >= 11 is 4.72. The Kier molecular flexibility index (Phi) is 6.94. The van der Waals surface area contributed by atoms with E-state index >= 15 is 0 Å². The molecule has 0 bridgehead atoms. The number of benzene rings is 3. The van der Waals surface area contributed by atoms with E-state index in [9.17, 15) is 4.79 Å². The quantitative estimate of drug-likeness (QED) is 0.203. The highest BCUT2D eigenvalue weighted by Crippen LogP contribution is 2.34. The zero-order valence-corrected chi connectivity index (χ0v) is 21.6. The molecule has 0 saturated carbocycles. The Hall–Kier alpha value is -2.74. The Bertz CT molecular complexity index is 1390. The van der Waals surface area contributed by atoms with Crippen molar-refractivity contribution in [3.8, 4) is 0 Å². The Balaban J connectivity index is 1.41. The van der Waals surface area contributed by atoms with E-state index in [1.54, 1.807) is 22.7 Å². The fraction of sp³-hybridized carbons (Fsp3) is 0.222. The number of rotatable bonds is 8. The molecule has 34 heavy (non-hydrogen) atoms. The van der Waals surface area contributed by atoms with Crippen LogP contribution >= 0.6 is 34.4 Å². The van der Waals surface area contributed by atoms with Crippen molar-refractivity contribution in [3.63, 3.8) is 0 Å². The molecule has 0 aliphatic heterocycles. The minimum atomic E-state index is 0.0364. The summed E-state index contributed by atoms with van der Waals surface area (Å²) in [6.07, 6.45) is 1.10. The Labute approximate surface area is 211 Å². The average Bonchev–Trinajstić information content (AvgIpc) is 3.49. The number of carbonyl (C=O) groups excluding carboxylic acids is 1. The van der Waals surface area contributed by atoms with E-state index in [1.807, 2.05) is 41.3 Å². The minimum absolute atomic E-state index is 0.0364. The lowest BCUT2D eigenvalue weighted by atomic mass is 9.99. The van der Waals surface area contributed by atoms with Gasteiger partial charge in [0.15, 0.2) is 9.47 Å². The molecule has 2 aromatic heterocycles. The number of hydrogen-bond acceptors (Lipinski definition) is 6. The molecule has 7 heteroatoms. The number of amides is 1. The second kappa shape index (κ2) is 10.3. The van der Waals surface area contributed by atoms with Crippen LogP contribution in [-0.4, -0.2) is 21.6 Å². The van der Waals surface area contributed by atoms with Gasteiger partial charge in [-0.05, 0) is 47.7 Å². The number of aromatic nitrogens is 2. The first-order valence-corrected chi connectivity index (χ1v) is 14.0. The van der Waals surface area contributed by atoms with Crippen LogP contribution < -0.4 is 4.90 Å². The Morgan fingerprint density at radius 3 is 2.50 bits per heavy atom. The maximum atomic E-state index is 13.5. The lowest BCUT2D eigenvalue weighted by molar-refractivity contribution is -0.116. The summed E-state index contributed by atoms with van der Waals surface area (Å²) in [4.78, 5) is 24.8. The number of para-hydroxylation sites is 1. The van der Waals surface area contributed by atoms with Crippen LogP contribution in [0.2, 0.25) is 0 Å². The van der Waals surface area contributed by atoms with E-state index in [0.29, 0.717) is 18.2 Å². The van der Waals surface area contributed by atoms with Gasteiger partial charge in [-0.2, -0.15) is 0 Å². The number of fused-ring (bicyclic) bond motifs is 2. The van der Waals surface area contributed by atoms with Crippen LogP contribution in [-0.2, 0) is 11.3 Å². The summed E-state index contributed by atoms with van der Waals surface area (Å²) in [5, 5.41) is 0.745. The van der Waals surface area contributed by atoms with E-state index < -0.39 is 0 Å². The molecule has 172 valence electrons. The molecular weight excluding hydrogens is 479 g/mol. The third-order valence-corrected chi connectivity index (χ3v) is 9.10. The van der Waals surface area contributed by atoms with Gasteiger partial charge in [0.2, 0.25) is 5.91 Å². The highest BCUT2D eigenvalue weighted by Gasteiger charge is 2.21. The van der Waals surface area contributed by atoms with E-state index in [4.69, 9.17) is 4.98 Å². The predicted molar refractivity (Wildman–Crippen MR) is 146 cm³/mol. The van der Waals surface area contributed by atoms with Gasteiger partial charge in [0.25, 0.3) is 0 Å². The zero-order chi connectivity index (χ0) is 23.5. The van der Waals surface area contributed by atoms with Crippen LogP contribution in [0.4, 0.5) is 5.13 Å². The Morgan fingerprint density at radius 2 is 1.71 bits per heavy atom.